The fourth-order valence-electron chi connectivity index (χ4n) is 1.58. The Morgan fingerprint density at radius 1 is 1.21 bits per heavy atom. The van der Waals surface area contributed by atoms with Crippen LogP contribution in [0.2, 0.25) is 0 Å². The van der Waals surface area contributed by atoms with E-state index in [0.717, 1.165) is 8.04 Å². The zero-order chi connectivity index (χ0) is 13.8. The van der Waals surface area contributed by atoms with Gasteiger partial charge in [-0.2, -0.15) is 0 Å². The average molecular weight is 433 g/mol. The van der Waals surface area contributed by atoms with Crippen molar-refractivity contribution >= 4 is 44.5 Å². The highest BCUT2D eigenvalue weighted by atomic mass is 127. The van der Waals surface area contributed by atoms with Crippen LogP contribution in [0.5, 0.6) is 11.5 Å². The van der Waals surface area contributed by atoms with Gasteiger partial charge in [0.1, 0.15) is 11.5 Å². The average Bonchev–Trinajstić information content (AvgIpc) is 2.34. The summed E-state index contributed by atoms with van der Waals surface area (Å²) in [5.41, 5.74) is 0.639. The van der Waals surface area contributed by atoms with Crippen LogP contribution in [0.25, 0.3) is 0 Å². The molecule has 0 radical (unpaired) electrons. The molecule has 19 heavy (non-hydrogen) atoms. The molecule has 0 spiro atoms. The quantitative estimate of drug-likeness (QED) is 0.725. The summed E-state index contributed by atoms with van der Waals surface area (Å²) in [7, 11) is 0. The molecule has 0 heterocycles. The number of ether oxygens (including phenoxy) is 1. The molecule has 0 aromatic heterocycles. The predicted molar refractivity (Wildman–Crippen MR) is 84.7 cm³/mol. The van der Waals surface area contributed by atoms with Gasteiger partial charge in [-0.05, 0) is 65.1 Å². The molecule has 3 nitrogen and oxygen atoms in total. The summed E-state index contributed by atoms with van der Waals surface area (Å²) in [4.78, 5) is 10.9. The minimum Gasteiger partial charge on any atom is -0.481 e. The van der Waals surface area contributed by atoms with Crippen LogP contribution in [0.1, 0.15) is 5.56 Å². The molecule has 0 aliphatic carbocycles. The van der Waals surface area contributed by atoms with Crippen LogP contribution in [0.15, 0.2) is 46.9 Å². The van der Waals surface area contributed by atoms with E-state index in [1.54, 1.807) is 12.1 Å². The van der Waals surface area contributed by atoms with Gasteiger partial charge in [-0.15, -0.1) is 0 Å². The fraction of sp³-hybridized carbons (Fsp3) is 0.0714. The van der Waals surface area contributed by atoms with Crippen LogP contribution < -0.4 is 4.74 Å². The maximum Gasteiger partial charge on any atom is 0.307 e. The van der Waals surface area contributed by atoms with Crippen molar-refractivity contribution in [3.63, 3.8) is 0 Å². The summed E-state index contributed by atoms with van der Waals surface area (Å²) in [6, 6.07) is 12.9. The number of benzene rings is 2. The summed E-state index contributed by atoms with van der Waals surface area (Å²) < 4.78 is 7.68. The van der Waals surface area contributed by atoms with Crippen LogP contribution in [-0.2, 0) is 11.2 Å². The van der Waals surface area contributed by atoms with Gasteiger partial charge in [-0.1, -0.05) is 15.9 Å². The molecule has 1 N–H and O–H groups in total. The summed E-state index contributed by atoms with van der Waals surface area (Å²) in [5.74, 6) is 0.367. The van der Waals surface area contributed by atoms with E-state index in [-0.39, 0.29) is 6.42 Å². The lowest BCUT2D eigenvalue weighted by Gasteiger charge is -2.10. The normalized spacial score (nSPS) is 10.2. The molecule has 0 atom stereocenters. The van der Waals surface area contributed by atoms with Crippen molar-refractivity contribution in [2.24, 2.45) is 0 Å². The standard InChI is InChI=1S/C14H10BrIO3/c15-10-1-6-13(9(7-10)8-14(17)18)19-12-4-2-11(16)3-5-12/h1-7H,8H2,(H,17,18). The number of rotatable bonds is 4. The first-order valence-corrected chi connectivity index (χ1v) is 7.35. The van der Waals surface area contributed by atoms with Crippen molar-refractivity contribution in [1.29, 1.82) is 0 Å². The van der Waals surface area contributed by atoms with E-state index in [1.165, 1.54) is 0 Å². The van der Waals surface area contributed by atoms with Crippen molar-refractivity contribution in [3.8, 4) is 11.5 Å². The Hall–Kier alpha value is -1.08. The predicted octanol–water partition coefficient (Wildman–Crippen LogP) is 4.47. The molecule has 0 fully saturated rings. The molecule has 98 valence electrons. The Bertz CT molecular complexity index is 596. The van der Waals surface area contributed by atoms with Gasteiger partial charge in [0.05, 0.1) is 6.42 Å². The molecule has 2 rings (SSSR count). The molecule has 0 unspecified atom stereocenters. The third-order valence-corrected chi connectivity index (χ3v) is 3.62. The zero-order valence-corrected chi connectivity index (χ0v) is 13.5. The number of hydrogen-bond donors (Lipinski definition) is 1. The fourth-order valence-corrected chi connectivity index (χ4v) is 2.35. The van der Waals surface area contributed by atoms with E-state index < -0.39 is 5.97 Å². The summed E-state index contributed by atoms with van der Waals surface area (Å²) in [5, 5.41) is 8.91. The second-order valence-corrected chi connectivity index (χ2v) is 6.04. The van der Waals surface area contributed by atoms with E-state index in [4.69, 9.17) is 9.84 Å². The third kappa shape index (κ3) is 4.21. The first-order valence-electron chi connectivity index (χ1n) is 5.48. The second-order valence-electron chi connectivity index (χ2n) is 3.88. The lowest BCUT2D eigenvalue weighted by Crippen LogP contribution is -2.02. The maximum absolute atomic E-state index is 10.9. The van der Waals surface area contributed by atoms with Crippen molar-refractivity contribution in [2.45, 2.75) is 6.42 Å². The Balaban J connectivity index is 2.28. The first kappa shape index (κ1) is 14.3. The number of aliphatic carboxylic acids is 1. The van der Waals surface area contributed by atoms with E-state index in [9.17, 15) is 4.79 Å². The molecule has 0 saturated heterocycles. The van der Waals surface area contributed by atoms with Gasteiger partial charge in [-0.25, -0.2) is 0 Å². The van der Waals surface area contributed by atoms with Gasteiger partial charge in [-0.3, -0.25) is 4.79 Å². The van der Waals surface area contributed by atoms with Gasteiger partial charge < -0.3 is 9.84 Å². The van der Waals surface area contributed by atoms with Crippen molar-refractivity contribution in [3.05, 3.63) is 56.1 Å². The first-order chi connectivity index (χ1) is 9.04. The highest BCUT2D eigenvalue weighted by Crippen LogP contribution is 2.28. The zero-order valence-electron chi connectivity index (χ0n) is 9.77. The van der Waals surface area contributed by atoms with Crippen LogP contribution in [0.3, 0.4) is 0 Å². The number of carboxylic acids is 1. The molecule has 2 aromatic rings. The van der Waals surface area contributed by atoms with E-state index in [0.29, 0.717) is 17.1 Å². The highest BCUT2D eigenvalue weighted by molar-refractivity contribution is 14.1. The third-order valence-electron chi connectivity index (χ3n) is 2.41. The molecule has 0 bridgehead atoms. The minimum absolute atomic E-state index is 0.0703. The van der Waals surface area contributed by atoms with Crippen LogP contribution in [0.4, 0.5) is 0 Å². The molecule has 0 aliphatic heterocycles. The molecular formula is C14H10BrIO3. The molecule has 0 amide bonds. The van der Waals surface area contributed by atoms with E-state index >= 15 is 0 Å². The summed E-state index contributed by atoms with van der Waals surface area (Å²) >= 11 is 5.55. The Labute approximate surface area is 132 Å². The second kappa shape index (κ2) is 6.38. The Morgan fingerprint density at radius 2 is 1.89 bits per heavy atom. The van der Waals surface area contributed by atoms with Gasteiger partial charge in [0.2, 0.25) is 0 Å². The smallest absolute Gasteiger partial charge is 0.307 e. The number of carbonyl (C=O) groups is 1. The Kier molecular flexibility index (Phi) is 4.81. The number of hydrogen-bond acceptors (Lipinski definition) is 2. The van der Waals surface area contributed by atoms with Crippen molar-refractivity contribution in [1.82, 2.24) is 0 Å². The van der Waals surface area contributed by atoms with Gasteiger partial charge in [0.25, 0.3) is 0 Å². The van der Waals surface area contributed by atoms with Gasteiger partial charge in [0, 0.05) is 13.6 Å². The Morgan fingerprint density at radius 3 is 2.53 bits per heavy atom. The lowest BCUT2D eigenvalue weighted by molar-refractivity contribution is -0.136. The summed E-state index contributed by atoms with van der Waals surface area (Å²) in [6.07, 6.45) is -0.0703. The topological polar surface area (TPSA) is 46.5 Å². The largest absolute Gasteiger partial charge is 0.481 e. The monoisotopic (exact) mass is 432 g/mol. The van der Waals surface area contributed by atoms with Crippen LogP contribution in [0, 0.1) is 3.57 Å². The summed E-state index contributed by atoms with van der Waals surface area (Å²) in [6.45, 7) is 0. The van der Waals surface area contributed by atoms with Gasteiger partial charge in [0.15, 0.2) is 0 Å². The minimum atomic E-state index is -0.884. The maximum atomic E-state index is 10.9. The molecular weight excluding hydrogens is 423 g/mol. The van der Waals surface area contributed by atoms with Crippen molar-refractivity contribution in [2.75, 3.05) is 0 Å². The molecule has 2 aromatic carbocycles. The number of halogens is 2. The molecule has 0 saturated carbocycles. The molecule has 5 heteroatoms. The highest BCUT2D eigenvalue weighted by Gasteiger charge is 2.09. The van der Waals surface area contributed by atoms with Crippen LogP contribution >= 0.6 is 38.5 Å². The van der Waals surface area contributed by atoms with Crippen LogP contribution in [-0.4, -0.2) is 11.1 Å². The van der Waals surface area contributed by atoms with E-state index in [1.807, 2.05) is 30.3 Å². The number of carboxylic acid groups (broad SMARTS) is 1. The molecule has 0 aliphatic rings. The SMILES string of the molecule is O=C(O)Cc1cc(Br)ccc1Oc1ccc(I)cc1. The lowest BCUT2D eigenvalue weighted by atomic mass is 10.1. The van der Waals surface area contributed by atoms with Crippen molar-refractivity contribution < 1.29 is 14.6 Å². The van der Waals surface area contributed by atoms with E-state index in [2.05, 4.69) is 38.5 Å². The van der Waals surface area contributed by atoms with Gasteiger partial charge >= 0.3 is 5.97 Å².